The zero-order valence-corrected chi connectivity index (χ0v) is 11.2. The molecule has 0 amide bonds. The molecule has 0 saturated heterocycles. The highest BCUT2D eigenvalue weighted by molar-refractivity contribution is 6.31. The van der Waals surface area contributed by atoms with Gasteiger partial charge in [-0.3, -0.25) is 4.90 Å². The van der Waals surface area contributed by atoms with E-state index in [9.17, 15) is 4.79 Å². The van der Waals surface area contributed by atoms with Gasteiger partial charge in [-0.25, -0.2) is 4.79 Å². The van der Waals surface area contributed by atoms with Gasteiger partial charge in [0.05, 0.1) is 6.54 Å². The van der Waals surface area contributed by atoms with Crippen molar-refractivity contribution < 1.29 is 14.3 Å². The van der Waals surface area contributed by atoms with Crippen molar-refractivity contribution in [2.24, 2.45) is 0 Å². The molecule has 0 aliphatic heterocycles. The van der Waals surface area contributed by atoms with Gasteiger partial charge >= 0.3 is 5.97 Å². The first-order valence-electron chi connectivity index (χ1n) is 5.80. The molecule has 100 valence electrons. The number of nitrogens with zero attached hydrogens (tertiary/aromatic N) is 1. The Hall–Kier alpha value is -1.78. The molecule has 2 rings (SSSR count). The summed E-state index contributed by atoms with van der Waals surface area (Å²) < 4.78 is 5.21. The zero-order valence-electron chi connectivity index (χ0n) is 10.5. The maximum Gasteiger partial charge on any atom is 0.371 e. The molecule has 1 N–H and O–H groups in total. The molecular formula is C14H14ClNO3. The monoisotopic (exact) mass is 279 g/mol. The summed E-state index contributed by atoms with van der Waals surface area (Å²) in [5.41, 5.74) is 1.02. The fraction of sp³-hybridized carbons (Fsp3) is 0.214. The molecule has 1 aromatic heterocycles. The van der Waals surface area contributed by atoms with Crippen molar-refractivity contribution in [3.8, 4) is 0 Å². The fourth-order valence-corrected chi connectivity index (χ4v) is 2.01. The maximum absolute atomic E-state index is 10.7. The Morgan fingerprint density at radius 1 is 1.26 bits per heavy atom. The summed E-state index contributed by atoms with van der Waals surface area (Å²) in [6.07, 6.45) is 0. The molecule has 0 saturated carbocycles. The molecule has 1 aromatic carbocycles. The van der Waals surface area contributed by atoms with Crippen molar-refractivity contribution in [1.82, 2.24) is 4.90 Å². The van der Waals surface area contributed by atoms with Crippen LogP contribution >= 0.6 is 11.6 Å². The number of furan rings is 1. The molecule has 0 spiro atoms. The Kier molecular flexibility index (Phi) is 4.24. The second-order valence-electron chi connectivity index (χ2n) is 4.33. The Morgan fingerprint density at radius 3 is 2.63 bits per heavy atom. The third-order valence-electron chi connectivity index (χ3n) is 2.70. The van der Waals surface area contributed by atoms with Crippen molar-refractivity contribution in [3.63, 3.8) is 0 Å². The molecule has 0 radical (unpaired) electrons. The summed E-state index contributed by atoms with van der Waals surface area (Å²) >= 11 is 6.09. The van der Waals surface area contributed by atoms with E-state index >= 15 is 0 Å². The summed E-state index contributed by atoms with van der Waals surface area (Å²) in [6.45, 7) is 1.20. The lowest BCUT2D eigenvalue weighted by atomic mass is 10.2. The van der Waals surface area contributed by atoms with Crippen LogP contribution in [0.5, 0.6) is 0 Å². The van der Waals surface area contributed by atoms with E-state index in [2.05, 4.69) is 0 Å². The summed E-state index contributed by atoms with van der Waals surface area (Å²) in [7, 11) is 1.92. The van der Waals surface area contributed by atoms with Crippen LogP contribution in [0.4, 0.5) is 0 Å². The van der Waals surface area contributed by atoms with Gasteiger partial charge in [0.15, 0.2) is 0 Å². The number of carbonyl (C=O) groups is 1. The first kappa shape index (κ1) is 13.6. The minimum absolute atomic E-state index is 0.0406. The van der Waals surface area contributed by atoms with Crippen LogP contribution in [0.2, 0.25) is 5.02 Å². The third-order valence-corrected chi connectivity index (χ3v) is 3.07. The fourth-order valence-electron chi connectivity index (χ4n) is 1.82. The molecule has 0 fully saturated rings. The van der Waals surface area contributed by atoms with E-state index in [-0.39, 0.29) is 5.76 Å². The number of rotatable bonds is 5. The van der Waals surface area contributed by atoms with E-state index in [1.165, 1.54) is 6.07 Å². The van der Waals surface area contributed by atoms with E-state index in [4.69, 9.17) is 21.1 Å². The smallest absolute Gasteiger partial charge is 0.371 e. The van der Waals surface area contributed by atoms with Gasteiger partial charge in [0.2, 0.25) is 5.76 Å². The standard InChI is InChI=1S/C14H14ClNO3/c1-16(8-10-4-2-3-5-12(10)15)9-11-6-7-13(19-11)14(17)18/h2-7H,8-9H2,1H3,(H,17,18). The zero-order chi connectivity index (χ0) is 13.8. The summed E-state index contributed by atoms with van der Waals surface area (Å²) in [5.74, 6) is -0.479. The second kappa shape index (κ2) is 5.91. The lowest BCUT2D eigenvalue weighted by molar-refractivity contribution is 0.0658. The summed E-state index contributed by atoms with van der Waals surface area (Å²) in [4.78, 5) is 12.7. The Morgan fingerprint density at radius 2 is 2.00 bits per heavy atom. The van der Waals surface area contributed by atoms with Gasteiger partial charge in [-0.05, 0) is 30.8 Å². The molecule has 2 aromatic rings. The topological polar surface area (TPSA) is 53.7 Å². The van der Waals surface area contributed by atoms with Crippen LogP contribution in [-0.4, -0.2) is 23.0 Å². The van der Waals surface area contributed by atoms with Gasteiger partial charge in [-0.2, -0.15) is 0 Å². The molecule has 19 heavy (non-hydrogen) atoms. The molecule has 5 heteroatoms. The first-order chi connectivity index (χ1) is 9.06. The van der Waals surface area contributed by atoms with Gasteiger partial charge in [0.1, 0.15) is 5.76 Å². The minimum atomic E-state index is -1.06. The number of aromatic carboxylic acids is 1. The Bertz CT molecular complexity index is 580. The van der Waals surface area contributed by atoms with Crippen molar-refractivity contribution in [1.29, 1.82) is 0 Å². The highest BCUT2D eigenvalue weighted by Gasteiger charge is 2.11. The van der Waals surface area contributed by atoms with E-state index in [1.807, 2.05) is 36.2 Å². The van der Waals surface area contributed by atoms with Gasteiger partial charge in [-0.15, -0.1) is 0 Å². The molecule has 4 nitrogen and oxygen atoms in total. The second-order valence-corrected chi connectivity index (χ2v) is 4.74. The quantitative estimate of drug-likeness (QED) is 0.913. The van der Waals surface area contributed by atoms with E-state index in [0.717, 1.165) is 10.6 Å². The molecule has 0 atom stereocenters. The van der Waals surface area contributed by atoms with Crippen LogP contribution in [0, 0.1) is 0 Å². The predicted molar refractivity (Wildman–Crippen MR) is 72.3 cm³/mol. The normalized spacial score (nSPS) is 10.9. The average Bonchev–Trinajstić information content (AvgIpc) is 2.80. The lowest BCUT2D eigenvalue weighted by Crippen LogP contribution is -2.17. The summed E-state index contributed by atoms with van der Waals surface area (Å²) in [5, 5.41) is 9.50. The number of halogens is 1. The van der Waals surface area contributed by atoms with E-state index < -0.39 is 5.97 Å². The molecule has 1 heterocycles. The largest absolute Gasteiger partial charge is 0.475 e. The van der Waals surface area contributed by atoms with Gasteiger partial charge in [-0.1, -0.05) is 29.8 Å². The van der Waals surface area contributed by atoms with Crippen molar-refractivity contribution >= 4 is 17.6 Å². The molecule has 0 bridgehead atoms. The lowest BCUT2D eigenvalue weighted by Gasteiger charge is -2.15. The number of benzene rings is 1. The van der Waals surface area contributed by atoms with Crippen LogP contribution in [0.25, 0.3) is 0 Å². The number of hydrogen-bond donors (Lipinski definition) is 1. The number of hydrogen-bond acceptors (Lipinski definition) is 3. The van der Waals surface area contributed by atoms with Crippen LogP contribution in [0.3, 0.4) is 0 Å². The van der Waals surface area contributed by atoms with Crippen LogP contribution in [0.15, 0.2) is 40.8 Å². The highest BCUT2D eigenvalue weighted by Crippen LogP contribution is 2.18. The number of carboxylic acid groups (broad SMARTS) is 1. The SMILES string of the molecule is CN(Cc1ccc(C(=O)O)o1)Cc1ccccc1Cl. The van der Waals surface area contributed by atoms with Gasteiger partial charge in [0.25, 0.3) is 0 Å². The van der Waals surface area contributed by atoms with Crippen LogP contribution < -0.4 is 0 Å². The van der Waals surface area contributed by atoms with E-state index in [1.54, 1.807) is 6.07 Å². The maximum atomic E-state index is 10.7. The minimum Gasteiger partial charge on any atom is -0.475 e. The highest BCUT2D eigenvalue weighted by atomic mass is 35.5. The first-order valence-corrected chi connectivity index (χ1v) is 6.18. The van der Waals surface area contributed by atoms with Gasteiger partial charge < -0.3 is 9.52 Å². The molecule has 0 aliphatic rings. The molecule has 0 unspecified atom stereocenters. The average molecular weight is 280 g/mol. The number of carboxylic acids is 1. The summed E-state index contributed by atoms with van der Waals surface area (Å²) in [6, 6.07) is 10.8. The van der Waals surface area contributed by atoms with Crippen molar-refractivity contribution in [2.45, 2.75) is 13.1 Å². The molecular weight excluding hydrogens is 266 g/mol. The third kappa shape index (κ3) is 3.59. The van der Waals surface area contributed by atoms with Crippen molar-refractivity contribution in [3.05, 3.63) is 58.5 Å². The van der Waals surface area contributed by atoms with Crippen LogP contribution in [-0.2, 0) is 13.1 Å². The Labute approximate surface area is 116 Å². The molecule has 0 aliphatic carbocycles. The predicted octanol–water partition coefficient (Wildman–Crippen LogP) is 3.26. The van der Waals surface area contributed by atoms with Gasteiger partial charge in [0, 0.05) is 11.6 Å². The van der Waals surface area contributed by atoms with Crippen LogP contribution in [0.1, 0.15) is 21.9 Å². The Balaban J connectivity index is 1.99. The van der Waals surface area contributed by atoms with E-state index in [0.29, 0.717) is 18.8 Å². The van der Waals surface area contributed by atoms with Crippen molar-refractivity contribution in [2.75, 3.05) is 7.05 Å².